The van der Waals surface area contributed by atoms with E-state index in [0.29, 0.717) is 6.42 Å². The molecule has 1 fully saturated rings. The van der Waals surface area contributed by atoms with Crippen molar-refractivity contribution in [2.45, 2.75) is 13.3 Å². The molecule has 0 unspecified atom stereocenters. The van der Waals surface area contributed by atoms with Crippen molar-refractivity contribution in [3.05, 3.63) is 35.4 Å². The number of aryl methyl sites for hydroxylation is 1. The summed E-state index contributed by atoms with van der Waals surface area (Å²) >= 11 is 0. The highest BCUT2D eigenvalue weighted by atomic mass is 16.2. The third-order valence-corrected chi connectivity index (χ3v) is 2.33. The zero-order valence-electron chi connectivity index (χ0n) is 8.16. The molecule has 0 spiro atoms. The van der Waals surface area contributed by atoms with E-state index in [-0.39, 0.29) is 5.91 Å². The van der Waals surface area contributed by atoms with Gasteiger partial charge >= 0.3 is 0 Å². The van der Waals surface area contributed by atoms with Crippen LogP contribution >= 0.6 is 0 Å². The molecule has 1 N–H and O–H groups in total. The molecule has 1 heterocycles. The quantitative estimate of drug-likeness (QED) is 0.653. The summed E-state index contributed by atoms with van der Waals surface area (Å²) in [5.41, 5.74) is 5.13. The van der Waals surface area contributed by atoms with Crippen molar-refractivity contribution in [3.63, 3.8) is 0 Å². The lowest BCUT2D eigenvalue weighted by molar-refractivity contribution is -0.553. The van der Waals surface area contributed by atoms with Crippen molar-refractivity contribution < 1.29 is 9.48 Å². The molecule has 0 radical (unpaired) electrons. The number of rotatable bonds is 1. The zero-order chi connectivity index (χ0) is 9.97. The second-order valence-corrected chi connectivity index (χ2v) is 3.46. The van der Waals surface area contributed by atoms with Crippen LogP contribution in [0.5, 0.6) is 0 Å². The van der Waals surface area contributed by atoms with Crippen LogP contribution in [-0.4, -0.2) is 23.4 Å². The van der Waals surface area contributed by atoms with Gasteiger partial charge in [0.1, 0.15) is 0 Å². The number of hydrogen-bond acceptors (Lipinski definition) is 1. The van der Waals surface area contributed by atoms with Crippen molar-refractivity contribution >= 4 is 12.1 Å². The molecular weight excluding hydrogens is 176 g/mol. The van der Waals surface area contributed by atoms with Gasteiger partial charge in [-0.3, -0.25) is 4.79 Å². The molecule has 2 rings (SSSR count). The number of amides is 1. The maximum atomic E-state index is 11.0. The number of hydrogen-bond donors (Lipinski definition) is 1. The van der Waals surface area contributed by atoms with Gasteiger partial charge in [0.2, 0.25) is 6.21 Å². The van der Waals surface area contributed by atoms with Crippen LogP contribution in [-0.2, 0) is 4.79 Å². The molecule has 3 heteroatoms. The maximum absolute atomic E-state index is 11.0. The molecule has 1 amide bonds. The summed E-state index contributed by atoms with van der Waals surface area (Å²) in [7, 11) is 0. The van der Waals surface area contributed by atoms with E-state index in [1.807, 2.05) is 29.1 Å². The van der Waals surface area contributed by atoms with Gasteiger partial charge in [0.25, 0.3) is 5.91 Å². The van der Waals surface area contributed by atoms with Gasteiger partial charge in [-0.2, -0.15) is 0 Å². The standard InChI is InChI=1S/C11H12N2O/c1-9-4-2-3-5-10(9)8-13-7-6-11(14)12-13/h2-5,8H,6-7H2,1H3/p+1/b13-8-. The number of nitrogens with zero attached hydrogens (tertiary/aromatic N) is 1. The van der Waals surface area contributed by atoms with E-state index in [2.05, 4.69) is 18.4 Å². The lowest BCUT2D eigenvalue weighted by atomic mass is 10.1. The summed E-state index contributed by atoms with van der Waals surface area (Å²) in [5.74, 6) is 0.0924. The van der Waals surface area contributed by atoms with E-state index < -0.39 is 0 Å². The lowest BCUT2D eigenvalue weighted by Gasteiger charge is -1.96. The second-order valence-electron chi connectivity index (χ2n) is 3.46. The van der Waals surface area contributed by atoms with Gasteiger partial charge in [0.05, 0.1) is 6.42 Å². The van der Waals surface area contributed by atoms with E-state index in [1.165, 1.54) is 5.56 Å². The molecule has 1 saturated heterocycles. The highest BCUT2D eigenvalue weighted by Crippen LogP contribution is 2.04. The molecule has 0 atom stereocenters. The largest absolute Gasteiger partial charge is 0.280 e. The summed E-state index contributed by atoms with van der Waals surface area (Å²) in [5, 5.41) is 0. The Hall–Kier alpha value is -1.64. The highest BCUT2D eigenvalue weighted by molar-refractivity contribution is 5.80. The fraction of sp³-hybridized carbons (Fsp3) is 0.273. The number of carbonyl (C=O) groups is 1. The van der Waals surface area contributed by atoms with Crippen molar-refractivity contribution in [3.8, 4) is 0 Å². The molecule has 1 aliphatic rings. The first-order chi connectivity index (χ1) is 6.75. The van der Waals surface area contributed by atoms with E-state index >= 15 is 0 Å². The third-order valence-electron chi connectivity index (χ3n) is 2.33. The minimum absolute atomic E-state index is 0.0924. The Morgan fingerprint density at radius 1 is 1.43 bits per heavy atom. The van der Waals surface area contributed by atoms with E-state index in [0.717, 1.165) is 12.1 Å². The Balaban J connectivity index is 2.25. The fourth-order valence-electron chi connectivity index (χ4n) is 1.49. The number of carbonyl (C=O) groups excluding carboxylic acids is 1. The van der Waals surface area contributed by atoms with Crippen LogP contribution in [0.15, 0.2) is 24.3 Å². The van der Waals surface area contributed by atoms with Crippen LogP contribution in [0.2, 0.25) is 0 Å². The molecule has 0 aliphatic carbocycles. The van der Waals surface area contributed by atoms with Gasteiger partial charge in [-0.25, -0.2) is 0 Å². The van der Waals surface area contributed by atoms with Crippen molar-refractivity contribution in [1.82, 2.24) is 5.43 Å². The molecule has 0 saturated carbocycles. The molecule has 0 bridgehead atoms. The van der Waals surface area contributed by atoms with Crippen LogP contribution in [0.1, 0.15) is 17.5 Å². The van der Waals surface area contributed by atoms with Crippen molar-refractivity contribution in [2.75, 3.05) is 6.54 Å². The smallest absolute Gasteiger partial charge is 0.269 e. The molecular formula is C11H13N2O+. The molecule has 0 aromatic heterocycles. The number of nitrogens with one attached hydrogen (secondary N) is 1. The van der Waals surface area contributed by atoms with E-state index in [1.54, 1.807) is 0 Å². The third kappa shape index (κ3) is 1.82. The fourth-order valence-corrected chi connectivity index (χ4v) is 1.49. The Bertz CT molecular complexity index is 396. The van der Waals surface area contributed by atoms with Crippen LogP contribution in [0.25, 0.3) is 0 Å². The first kappa shape index (κ1) is 8.94. The first-order valence-electron chi connectivity index (χ1n) is 4.72. The zero-order valence-corrected chi connectivity index (χ0v) is 8.16. The average Bonchev–Trinajstić information content (AvgIpc) is 2.56. The van der Waals surface area contributed by atoms with Gasteiger partial charge in [0.15, 0.2) is 6.54 Å². The predicted molar refractivity (Wildman–Crippen MR) is 54.2 cm³/mol. The minimum atomic E-state index is 0.0924. The monoisotopic (exact) mass is 189 g/mol. The SMILES string of the molecule is Cc1ccccc1/C=[N+]1/CCC(=O)N1. The van der Waals surface area contributed by atoms with Gasteiger partial charge in [0, 0.05) is 5.56 Å². The Labute approximate surface area is 83.0 Å². The van der Waals surface area contributed by atoms with Gasteiger partial charge in [-0.15, -0.1) is 10.1 Å². The van der Waals surface area contributed by atoms with Crippen LogP contribution in [0, 0.1) is 6.92 Å². The second kappa shape index (κ2) is 3.62. The Kier molecular flexibility index (Phi) is 2.31. The van der Waals surface area contributed by atoms with Crippen LogP contribution in [0.3, 0.4) is 0 Å². The minimum Gasteiger partial charge on any atom is -0.269 e. The number of hydrazone groups is 1. The molecule has 14 heavy (non-hydrogen) atoms. The molecule has 1 aromatic rings. The van der Waals surface area contributed by atoms with Gasteiger partial charge in [-0.1, -0.05) is 18.2 Å². The highest BCUT2D eigenvalue weighted by Gasteiger charge is 2.20. The Morgan fingerprint density at radius 2 is 2.21 bits per heavy atom. The Morgan fingerprint density at radius 3 is 2.86 bits per heavy atom. The summed E-state index contributed by atoms with van der Waals surface area (Å²) in [6.07, 6.45) is 2.56. The van der Waals surface area contributed by atoms with Crippen molar-refractivity contribution in [2.24, 2.45) is 0 Å². The lowest BCUT2D eigenvalue weighted by Crippen LogP contribution is -2.25. The summed E-state index contributed by atoms with van der Waals surface area (Å²) < 4.78 is 1.84. The predicted octanol–water partition coefficient (Wildman–Crippen LogP) is 0.861. The van der Waals surface area contributed by atoms with Crippen LogP contribution in [0.4, 0.5) is 0 Å². The molecule has 72 valence electrons. The molecule has 3 nitrogen and oxygen atoms in total. The first-order valence-corrected chi connectivity index (χ1v) is 4.72. The van der Waals surface area contributed by atoms with Crippen LogP contribution < -0.4 is 5.43 Å². The summed E-state index contributed by atoms with van der Waals surface area (Å²) in [6, 6.07) is 8.11. The van der Waals surface area contributed by atoms with Crippen molar-refractivity contribution in [1.29, 1.82) is 0 Å². The van der Waals surface area contributed by atoms with E-state index in [9.17, 15) is 4.79 Å². The molecule has 1 aromatic carbocycles. The number of hydrazine groups is 1. The van der Waals surface area contributed by atoms with Gasteiger partial charge in [-0.05, 0) is 18.6 Å². The van der Waals surface area contributed by atoms with Gasteiger partial charge < -0.3 is 0 Å². The van der Waals surface area contributed by atoms with E-state index in [4.69, 9.17) is 0 Å². The summed E-state index contributed by atoms with van der Waals surface area (Å²) in [4.78, 5) is 11.0. The maximum Gasteiger partial charge on any atom is 0.280 e. The number of benzene rings is 1. The normalized spacial score (nSPS) is 18.6. The average molecular weight is 189 g/mol. The summed E-state index contributed by atoms with van der Waals surface area (Å²) in [6.45, 7) is 2.82. The molecule has 1 aliphatic heterocycles. The topological polar surface area (TPSA) is 32.1 Å².